The zero-order valence-corrected chi connectivity index (χ0v) is 15.3. The monoisotopic (exact) mass is 368 g/mol. The molecule has 5 nitrogen and oxygen atoms in total. The van der Waals surface area contributed by atoms with Crippen LogP contribution in [0.25, 0.3) is 17.1 Å². The third-order valence-electron chi connectivity index (χ3n) is 4.44. The van der Waals surface area contributed by atoms with E-state index in [9.17, 15) is 4.79 Å². The molecule has 2 aromatic heterocycles. The molecular formula is C23H20N4O. The number of rotatable bonds is 6. The van der Waals surface area contributed by atoms with Crippen molar-refractivity contribution in [3.05, 3.63) is 102 Å². The second-order valence-electron chi connectivity index (χ2n) is 6.34. The Kier molecular flexibility index (Phi) is 5.24. The van der Waals surface area contributed by atoms with Crippen molar-refractivity contribution in [2.75, 3.05) is 0 Å². The average Bonchev–Trinajstić information content (AvgIpc) is 3.11. The molecule has 0 radical (unpaired) electrons. The topological polar surface area (TPSA) is 59.8 Å². The normalized spacial score (nSPS) is 11.1. The van der Waals surface area contributed by atoms with Gasteiger partial charge in [0.15, 0.2) is 0 Å². The lowest BCUT2D eigenvalue weighted by atomic mass is 10.2. The Morgan fingerprint density at radius 3 is 2.57 bits per heavy atom. The molecule has 0 aliphatic rings. The maximum atomic E-state index is 12.3. The molecule has 0 saturated heterocycles. The maximum Gasteiger partial charge on any atom is 0.270 e. The van der Waals surface area contributed by atoms with Crippen LogP contribution in [-0.2, 0) is 13.1 Å². The van der Waals surface area contributed by atoms with E-state index >= 15 is 0 Å². The van der Waals surface area contributed by atoms with Crippen molar-refractivity contribution < 1.29 is 4.79 Å². The Bertz CT molecular complexity index is 1100. The van der Waals surface area contributed by atoms with Crippen LogP contribution in [-0.4, -0.2) is 20.4 Å². The third kappa shape index (κ3) is 3.99. The van der Waals surface area contributed by atoms with Crippen molar-refractivity contribution in [2.24, 2.45) is 0 Å². The second-order valence-corrected chi connectivity index (χ2v) is 6.34. The minimum absolute atomic E-state index is 0.209. The second kappa shape index (κ2) is 8.31. The number of imidazole rings is 1. The number of nitrogens with zero attached hydrogens (tertiary/aromatic N) is 3. The van der Waals surface area contributed by atoms with Crippen LogP contribution in [0.15, 0.2) is 85.1 Å². The Labute approximate surface area is 163 Å². The molecule has 1 amide bonds. The van der Waals surface area contributed by atoms with E-state index in [-0.39, 0.29) is 5.91 Å². The number of carbonyl (C=O) groups excluding carboxylic acids is 1. The summed E-state index contributed by atoms with van der Waals surface area (Å²) in [7, 11) is 0. The summed E-state index contributed by atoms with van der Waals surface area (Å²) in [5, 5.41) is 2.92. The van der Waals surface area contributed by atoms with E-state index in [4.69, 9.17) is 4.98 Å². The molecule has 138 valence electrons. The molecule has 0 aliphatic heterocycles. The summed E-state index contributed by atoms with van der Waals surface area (Å²) in [4.78, 5) is 21.1. The highest BCUT2D eigenvalue weighted by molar-refractivity contribution is 5.92. The Balaban J connectivity index is 1.55. The summed E-state index contributed by atoms with van der Waals surface area (Å²) >= 11 is 0. The minimum Gasteiger partial charge on any atom is -0.343 e. The van der Waals surface area contributed by atoms with E-state index in [1.165, 1.54) is 0 Å². The van der Waals surface area contributed by atoms with Crippen molar-refractivity contribution in [3.63, 3.8) is 0 Å². The SMILES string of the molecule is O=C(NCc1nc2ccccc2n1C/C=C/c1ccccc1)c1ccccn1. The molecule has 0 spiro atoms. The molecule has 2 aromatic carbocycles. The highest BCUT2D eigenvalue weighted by Crippen LogP contribution is 2.16. The van der Waals surface area contributed by atoms with E-state index < -0.39 is 0 Å². The Hall–Kier alpha value is -3.73. The number of nitrogens with one attached hydrogen (secondary N) is 1. The number of fused-ring (bicyclic) bond motifs is 1. The van der Waals surface area contributed by atoms with Gasteiger partial charge in [-0.2, -0.15) is 0 Å². The lowest BCUT2D eigenvalue weighted by Gasteiger charge is -2.08. The van der Waals surface area contributed by atoms with Crippen molar-refractivity contribution in [3.8, 4) is 0 Å². The number of allylic oxidation sites excluding steroid dienone is 1. The van der Waals surface area contributed by atoms with Gasteiger partial charge in [0.05, 0.1) is 17.6 Å². The number of para-hydroxylation sites is 2. The standard InChI is InChI=1S/C23H20N4O/c28-23(20-13-6-7-15-24-20)25-17-22-26-19-12-4-5-14-21(19)27(22)16-8-11-18-9-2-1-3-10-18/h1-15H,16-17H2,(H,25,28)/b11-8+. The average molecular weight is 368 g/mol. The van der Waals surface area contributed by atoms with Gasteiger partial charge in [-0.1, -0.05) is 60.7 Å². The van der Waals surface area contributed by atoms with Gasteiger partial charge in [-0.05, 0) is 29.8 Å². The number of pyridine rings is 1. The minimum atomic E-state index is -0.209. The highest BCUT2D eigenvalue weighted by atomic mass is 16.1. The summed E-state index contributed by atoms with van der Waals surface area (Å²) in [5.74, 6) is 0.599. The zero-order chi connectivity index (χ0) is 19.2. The molecule has 0 saturated carbocycles. The fourth-order valence-electron chi connectivity index (χ4n) is 3.07. The fourth-order valence-corrected chi connectivity index (χ4v) is 3.07. The summed E-state index contributed by atoms with van der Waals surface area (Å²) in [6.07, 6.45) is 5.80. The molecule has 0 unspecified atom stereocenters. The number of amides is 1. The van der Waals surface area contributed by atoms with Crippen molar-refractivity contribution in [1.82, 2.24) is 19.9 Å². The van der Waals surface area contributed by atoms with Crippen molar-refractivity contribution in [1.29, 1.82) is 0 Å². The van der Waals surface area contributed by atoms with E-state index in [1.807, 2.05) is 42.5 Å². The van der Waals surface area contributed by atoms with Gasteiger partial charge in [-0.15, -0.1) is 0 Å². The number of benzene rings is 2. The van der Waals surface area contributed by atoms with Crippen LogP contribution in [0.2, 0.25) is 0 Å². The molecule has 0 bridgehead atoms. The van der Waals surface area contributed by atoms with E-state index in [0.717, 1.165) is 22.4 Å². The molecule has 28 heavy (non-hydrogen) atoms. The van der Waals surface area contributed by atoms with Crippen molar-refractivity contribution in [2.45, 2.75) is 13.1 Å². The van der Waals surface area contributed by atoms with Crippen LogP contribution in [0.1, 0.15) is 21.9 Å². The van der Waals surface area contributed by atoms with Crippen LogP contribution < -0.4 is 5.32 Å². The molecule has 0 fully saturated rings. The number of hydrogen-bond donors (Lipinski definition) is 1. The summed E-state index contributed by atoms with van der Waals surface area (Å²) in [6, 6.07) is 23.4. The first-order valence-corrected chi connectivity index (χ1v) is 9.16. The molecule has 5 heteroatoms. The number of carbonyl (C=O) groups is 1. The lowest BCUT2D eigenvalue weighted by molar-refractivity contribution is 0.0944. The molecule has 4 aromatic rings. The molecule has 2 heterocycles. The molecule has 0 atom stereocenters. The summed E-state index contributed by atoms with van der Waals surface area (Å²) in [6.45, 7) is 1.01. The number of hydrogen-bond acceptors (Lipinski definition) is 3. The third-order valence-corrected chi connectivity index (χ3v) is 4.44. The maximum absolute atomic E-state index is 12.3. The van der Waals surface area contributed by atoms with Crippen LogP contribution in [0.5, 0.6) is 0 Å². The zero-order valence-electron chi connectivity index (χ0n) is 15.3. The molecular weight excluding hydrogens is 348 g/mol. The van der Waals surface area contributed by atoms with Gasteiger partial charge in [0.1, 0.15) is 11.5 Å². The predicted octanol–water partition coefficient (Wildman–Crippen LogP) is 4.07. The van der Waals surface area contributed by atoms with Gasteiger partial charge < -0.3 is 9.88 Å². The summed E-state index contributed by atoms with van der Waals surface area (Å²) < 4.78 is 2.12. The van der Waals surface area contributed by atoms with Gasteiger partial charge in [0.2, 0.25) is 0 Å². The quantitative estimate of drug-likeness (QED) is 0.558. The van der Waals surface area contributed by atoms with Gasteiger partial charge in [-0.3, -0.25) is 9.78 Å². The first-order chi connectivity index (χ1) is 13.8. The smallest absolute Gasteiger partial charge is 0.270 e. The van der Waals surface area contributed by atoms with E-state index in [1.54, 1.807) is 24.4 Å². The molecule has 0 aliphatic carbocycles. The van der Waals surface area contributed by atoms with Crippen LogP contribution in [0, 0.1) is 0 Å². The highest BCUT2D eigenvalue weighted by Gasteiger charge is 2.12. The van der Waals surface area contributed by atoms with Crippen LogP contribution in [0.4, 0.5) is 0 Å². The summed E-state index contributed by atoms with van der Waals surface area (Å²) in [5.41, 5.74) is 3.51. The van der Waals surface area contributed by atoms with E-state index in [2.05, 4.69) is 39.2 Å². The van der Waals surface area contributed by atoms with Gasteiger partial charge in [-0.25, -0.2) is 4.98 Å². The van der Waals surface area contributed by atoms with Gasteiger partial charge in [0.25, 0.3) is 5.91 Å². The first-order valence-electron chi connectivity index (χ1n) is 9.16. The fraction of sp³-hybridized carbons (Fsp3) is 0.0870. The number of aromatic nitrogens is 3. The van der Waals surface area contributed by atoms with Gasteiger partial charge >= 0.3 is 0 Å². The molecule has 1 N–H and O–H groups in total. The van der Waals surface area contributed by atoms with Crippen LogP contribution >= 0.6 is 0 Å². The van der Waals surface area contributed by atoms with Crippen LogP contribution in [0.3, 0.4) is 0 Å². The Morgan fingerprint density at radius 1 is 0.964 bits per heavy atom. The molecule has 4 rings (SSSR count). The van der Waals surface area contributed by atoms with Crippen molar-refractivity contribution >= 4 is 23.0 Å². The first kappa shape index (κ1) is 17.7. The largest absolute Gasteiger partial charge is 0.343 e. The predicted molar refractivity (Wildman–Crippen MR) is 111 cm³/mol. The lowest BCUT2D eigenvalue weighted by Crippen LogP contribution is -2.25. The Morgan fingerprint density at radius 2 is 1.75 bits per heavy atom. The van der Waals surface area contributed by atoms with E-state index in [0.29, 0.717) is 18.8 Å². The van der Waals surface area contributed by atoms with Gasteiger partial charge in [0, 0.05) is 12.7 Å².